The van der Waals surface area contributed by atoms with Crippen LogP contribution in [-0.2, 0) is 6.42 Å². The van der Waals surface area contributed by atoms with E-state index >= 15 is 0 Å². The molecule has 0 heterocycles. The van der Waals surface area contributed by atoms with E-state index in [1.807, 2.05) is 6.07 Å². The lowest BCUT2D eigenvalue weighted by Gasteiger charge is -2.26. The Hall–Kier alpha value is -1.62. The maximum absolute atomic E-state index is 13.2. The standard InChI is InChI=1S/C18H31FN4/c1-6-20-17(22-13-18(2,3)14-23(4)5)21-11-10-15-8-7-9-16(19)12-15/h7-9,12H,6,10-11,13-14H2,1-5H3,(H2,20,21,22). The summed E-state index contributed by atoms with van der Waals surface area (Å²) in [7, 11) is 4.15. The van der Waals surface area contributed by atoms with E-state index in [9.17, 15) is 4.39 Å². The largest absolute Gasteiger partial charge is 0.357 e. The van der Waals surface area contributed by atoms with E-state index in [4.69, 9.17) is 0 Å². The lowest BCUT2D eigenvalue weighted by Crippen LogP contribution is -2.40. The molecule has 2 N–H and O–H groups in total. The molecule has 0 unspecified atom stereocenters. The molecule has 0 bridgehead atoms. The molecule has 0 aliphatic carbocycles. The van der Waals surface area contributed by atoms with Crippen LogP contribution in [0, 0.1) is 11.2 Å². The summed E-state index contributed by atoms with van der Waals surface area (Å²) >= 11 is 0. The molecule has 1 aromatic rings. The highest BCUT2D eigenvalue weighted by molar-refractivity contribution is 5.79. The summed E-state index contributed by atoms with van der Waals surface area (Å²) in [5.41, 5.74) is 1.11. The van der Waals surface area contributed by atoms with Crippen LogP contribution in [0.15, 0.2) is 29.3 Å². The molecule has 0 aromatic heterocycles. The second-order valence-corrected chi connectivity index (χ2v) is 6.90. The van der Waals surface area contributed by atoms with Crippen LogP contribution < -0.4 is 10.6 Å². The molecule has 130 valence electrons. The van der Waals surface area contributed by atoms with Crippen LogP contribution >= 0.6 is 0 Å². The third-order valence-corrected chi connectivity index (χ3v) is 3.35. The predicted octanol–water partition coefficient (Wildman–Crippen LogP) is 2.51. The van der Waals surface area contributed by atoms with Crippen LogP contribution in [0.4, 0.5) is 4.39 Å². The number of halogens is 1. The first-order valence-corrected chi connectivity index (χ1v) is 8.24. The fraction of sp³-hybridized carbons (Fsp3) is 0.611. The van der Waals surface area contributed by atoms with E-state index in [0.717, 1.165) is 44.1 Å². The molecule has 23 heavy (non-hydrogen) atoms. The number of hydrogen-bond donors (Lipinski definition) is 2. The maximum Gasteiger partial charge on any atom is 0.191 e. The van der Waals surface area contributed by atoms with Crippen LogP contribution in [-0.4, -0.2) is 51.1 Å². The van der Waals surface area contributed by atoms with Gasteiger partial charge in [-0.25, -0.2) is 4.39 Å². The zero-order chi connectivity index (χ0) is 17.3. The van der Waals surface area contributed by atoms with Crippen LogP contribution in [0.5, 0.6) is 0 Å². The van der Waals surface area contributed by atoms with Crippen molar-refractivity contribution in [2.24, 2.45) is 10.4 Å². The molecule has 0 atom stereocenters. The van der Waals surface area contributed by atoms with Gasteiger partial charge in [0.1, 0.15) is 5.82 Å². The quantitative estimate of drug-likeness (QED) is 0.571. The van der Waals surface area contributed by atoms with Gasteiger partial charge in [0.05, 0.1) is 0 Å². The fourth-order valence-corrected chi connectivity index (χ4v) is 2.56. The highest BCUT2D eigenvalue weighted by atomic mass is 19.1. The summed E-state index contributed by atoms with van der Waals surface area (Å²) in [5, 5.41) is 6.57. The highest BCUT2D eigenvalue weighted by Gasteiger charge is 2.18. The van der Waals surface area contributed by atoms with Crippen molar-refractivity contribution in [3.05, 3.63) is 35.6 Å². The van der Waals surface area contributed by atoms with E-state index in [0.29, 0.717) is 0 Å². The van der Waals surface area contributed by atoms with E-state index < -0.39 is 0 Å². The van der Waals surface area contributed by atoms with Crippen molar-refractivity contribution >= 4 is 5.96 Å². The monoisotopic (exact) mass is 322 g/mol. The highest BCUT2D eigenvalue weighted by Crippen LogP contribution is 2.15. The molecule has 0 radical (unpaired) electrons. The van der Waals surface area contributed by atoms with Gasteiger partial charge in [-0.2, -0.15) is 0 Å². The van der Waals surface area contributed by atoms with Crippen LogP contribution in [0.2, 0.25) is 0 Å². The summed E-state index contributed by atoms with van der Waals surface area (Å²) < 4.78 is 13.2. The zero-order valence-electron chi connectivity index (χ0n) is 15.1. The van der Waals surface area contributed by atoms with Gasteiger partial charge in [-0.1, -0.05) is 26.0 Å². The first kappa shape index (κ1) is 19.4. The van der Waals surface area contributed by atoms with Gasteiger partial charge in [-0.15, -0.1) is 0 Å². The lowest BCUT2D eigenvalue weighted by atomic mass is 9.93. The Kier molecular flexibility index (Phi) is 8.03. The zero-order valence-corrected chi connectivity index (χ0v) is 15.1. The normalized spacial score (nSPS) is 12.6. The third kappa shape index (κ3) is 8.55. The van der Waals surface area contributed by atoms with Gasteiger partial charge >= 0.3 is 0 Å². The van der Waals surface area contributed by atoms with Gasteiger partial charge in [0.15, 0.2) is 5.96 Å². The third-order valence-electron chi connectivity index (χ3n) is 3.35. The van der Waals surface area contributed by atoms with E-state index in [1.54, 1.807) is 12.1 Å². The van der Waals surface area contributed by atoms with Crippen molar-refractivity contribution < 1.29 is 4.39 Å². The van der Waals surface area contributed by atoms with E-state index in [2.05, 4.69) is 55.4 Å². The van der Waals surface area contributed by atoms with Gasteiger partial charge in [0.25, 0.3) is 0 Å². The summed E-state index contributed by atoms with van der Waals surface area (Å²) in [6.07, 6.45) is 0.767. The molecule has 0 aliphatic heterocycles. The van der Waals surface area contributed by atoms with Crippen molar-refractivity contribution in [1.82, 2.24) is 15.5 Å². The molecule has 4 nitrogen and oxygen atoms in total. The number of hydrogen-bond acceptors (Lipinski definition) is 2. The molecule has 5 heteroatoms. The molecule has 1 rings (SSSR count). The van der Waals surface area contributed by atoms with Gasteiger partial charge in [0.2, 0.25) is 0 Å². The van der Waals surface area contributed by atoms with Gasteiger partial charge in [0, 0.05) is 26.2 Å². The SMILES string of the molecule is CCNC(=NCC(C)(C)CN(C)C)NCCc1cccc(F)c1. The van der Waals surface area contributed by atoms with E-state index in [1.165, 1.54) is 6.07 Å². The molecule has 0 amide bonds. The Morgan fingerprint density at radius 1 is 1.26 bits per heavy atom. The average molecular weight is 322 g/mol. The fourth-order valence-electron chi connectivity index (χ4n) is 2.56. The van der Waals surface area contributed by atoms with Gasteiger partial charge in [-0.3, -0.25) is 4.99 Å². The minimum Gasteiger partial charge on any atom is -0.357 e. The summed E-state index contributed by atoms with van der Waals surface area (Å²) in [4.78, 5) is 6.86. The van der Waals surface area contributed by atoms with Gasteiger partial charge in [-0.05, 0) is 50.6 Å². The Morgan fingerprint density at radius 3 is 2.61 bits per heavy atom. The number of nitrogens with one attached hydrogen (secondary N) is 2. The van der Waals surface area contributed by atoms with Gasteiger partial charge < -0.3 is 15.5 Å². The number of guanidine groups is 1. The number of rotatable bonds is 8. The van der Waals surface area contributed by atoms with E-state index in [-0.39, 0.29) is 11.2 Å². The number of benzene rings is 1. The second-order valence-electron chi connectivity index (χ2n) is 6.90. The molecular weight excluding hydrogens is 291 g/mol. The van der Waals surface area contributed by atoms with Crippen LogP contribution in [0.3, 0.4) is 0 Å². The minimum absolute atomic E-state index is 0.119. The Morgan fingerprint density at radius 2 is 2.00 bits per heavy atom. The summed E-state index contributed by atoms with van der Waals surface area (Å²) in [5.74, 6) is 0.629. The van der Waals surface area contributed by atoms with Crippen LogP contribution in [0.1, 0.15) is 26.3 Å². The molecule has 0 aliphatic rings. The van der Waals surface area contributed by atoms with Crippen LogP contribution in [0.25, 0.3) is 0 Å². The van der Waals surface area contributed by atoms with Crippen molar-refractivity contribution in [1.29, 1.82) is 0 Å². The van der Waals surface area contributed by atoms with Crippen molar-refractivity contribution in [2.45, 2.75) is 27.2 Å². The maximum atomic E-state index is 13.2. The first-order chi connectivity index (χ1) is 10.8. The molecule has 0 fully saturated rings. The number of nitrogens with zero attached hydrogens (tertiary/aromatic N) is 2. The Balaban J connectivity index is 2.52. The molecular formula is C18H31FN4. The molecule has 0 saturated carbocycles. The summed E-state index contributed by atoms with van der Waals surface area (Å²) in [6.45, 7) is 9.76. The van der Waals surface area contributed by atoms with Crippen molar-refractivity contribution in [3.63, 3.8) is 0 Å². The first-order valence-electron chi connectivity index (χ1n) is 8.24. The Labute approximate surface area is 140 Å². The second kappa shape index (κ2) is 9.50. The van der Waals surface area contributed by atoms with Crippen molar-refractivity contribution in [2.75, 3.05) is 40.3 Å². The average Bonchev–Trinajstić information content (AvgIpc) is 2.43. The Bertz CT molecular complexity index is 498. The minimum atomic E-state index is -0.187. The lowest BCUT2D eigenvalue weighted by molar-refractivity contribution is 0.248. The topological polar surface area (TPSA) is 39.7 Å². The van der Waals surface area contributed by atoms with Crippen molar-refractivity contribution in [3.8, 4) is 0 Å². The predicted molar refractivity (Wildman–Crippen MR) is 96.4 cm³/mol. The molecule has 1 aromatic carbocycles. The smallest absolute Gasteiger partial charge is 0.191 e. The number of aliphatic imine (C=N–C) groups is 1. The molecule has 0 spiro atoms. The summed E-state index contributed by atoms with van der Waals surface area (Å²) in [6, 6.07) is 6.73. The molecule has 0 saturated heterocycles.